The van der Waals surface area contributed by atoms with E-state index in [1.807, 2.05) is 50.2 Å². The second-order valence-electron chi connectivity index (χ2n) is 7.66. The number of ether oxygens (including phenoxy) is 2. The van der Waals surface area contributed by atoms with Gasteiger partial charge in [0.1, 0.15) is 5.75 Å². The van der Waals surface area contributed by atoms with E-state index in [4.69, 9.17) is 9.47 Å². The van der Waals surface area contributed by atoms with Crippen LogP contribution in [0, 0.1) is 12.7 Å². The fourth-order valence-corrected chi connectivity index (χ4v) is 3.21. The highest BCUT2D eigenvalue weighted by molar-refractivity contribution is 5.76. The first-order valence-corrected chi connectivity index (χ1v) is 10.5. The van der Waals surface area contributed by atoms with Gasteiger partial charge in [0.05, 0.1) is 18.5 Å². The van der Waals surface area contributed by atoms with Gasteiger partial charge in [0.2, 0.25) is 11.8 Å². The highest BCUT2D eigenvalue weighted by atomic mass is 19.1. The fourth-order valence-electron chi connectivity index (χ4n) is 3.21. The minimum Gasteiger partial charge on any atom is -0.497 e. The third-order valence-corrected chi connectivity index (χ3v) is 4.98. The SMILES string of the molecule is COc1ccc(-n2nc(C)c(CCC(=O)NCCN(C)C)c2Oc2ccccc2F)cc1. The van der Waals surface area contributed by atoms with Gasteiger partial charge in [-0.3, -0.25) is 4.79 Å². The molecule has 1 amide bonds. The Kier molecular flexibility index (Phi) is 7.83. The number of hydrogen-bond donors (Lipinski definition) is 1. The lowest BCUT2D eigenvalue weighted by molar-refractivity contribution is -0.121. The molecule has 3 rings (SSSR count). The molecule has 0 unspecified atom stereocenters. The van der Waals surface area contributed by atoms with Crippen LogP contribution in [0.15, 0.2) is 48.5 Å². The molecule has 0 saturated heterocycles. The molecule has 170 valence electrons. The number of amides is 1. The molecule has 0 atom stereocenters. The van der Waals surface area contributed by atoms with Crippen LogP contribution in [0.1, 0.15) is 17.7 Å². The van der Waals surface area contributed by atoms with Crippen LogP contribution in [-0.2, 0) is 11.2 Å². The van der Waals surface area contributed by atoms with Gasteiger partial charge in [0.15, 0.2) is 11.6 Å². The van der Waals surface area contributed by atoms with Gasteiger partial charge in [0, 0.05) is 25.1 Å². The van der Waals surface area contributed by atoms with Crippen molar-refractivity contribution in [2.45, 2.75) is 19.8 Å². The van der Waals surface area contributed by atoms with Crippen LogP contribution in [-0.4, -0.2) is 54.9 Å². The number of carbonyl (C=O) groups is 1. The maximum atomic E-state index is 14.3. The van der Waals surface area contributed by atoms with Gasteiger partial charge in [-0.2, -0.15) is 5.10 Å². The zero-order valence-corrected chi connectivity index (χ0v) is 18.9. The van der Waals surface area contributed by atoms with E-state index in [0.29, 0.717) is 30.3 Å². The first kappa shape index (κ1) is 23.3. The molecule has 7 nitrogen and oxygen atoms in total. The summed E-state index contributed by atoms with van der Waals surface area (Å²) < 4.78 is 27.2. The molecule has 1 N–H and O–H groups in total. The Bertz CT molecular complexity index is 1050. The fraction of sp³-hybridized carbons (Fsp3) is 0.333. The van der Waals surface area contributed by atoms with Gasteiger partial charge < -0.3 is 19.7 Å². The lowest BCUT2D eigenvalue weighted by atomic mass is 10.1. The number of halogens is 1. The number of para-hydroxylation sites is 1. The predicted molar refractivity (Wildman–Crippen MR) is 121 cm³/mol. The number of aryl methyl sites for hydroxylation is 1. The van der Waals surface area contributed by atoms with E-state index in [1.54, 1.807) is 30.0 Å². The summed E-state index contributed by atoms with van der Waals surface area (Å²) in [5, 5.41) is 7.53. The molecule has 0 aliphatic heterocycles. The van der Waals surface area contributed by atoms with Gasteiger partial charge in [0.25, 0.3) is 0 Å². The highest BCUT2D eigenvalue weighted by Crippen LogP contribution is 2.33. The first-order chi connectivity index (χ1) is 15.4. The molecule has 3 aromatic rings. The number of aromatic nitrogens is 2. The average Bonchev–Trinajstić information content (AvgIpc) is 3.08. The van der Waals surface area contributed by atoms with Crippen LogP contribution in [0.3, 0.4) is 0 Å². The quantitative estimate of drug-likeness (QED) is 0.520. The molecule has 1 heterocycles. The molecule has 2 aromatic carbocycles. The van der Waals surface area contributed by atoms with Crippen LogP contribution in [0.4, 0.5) is 4.39 Å². The van der Waals surface area contributed by atoms with Crippen molar-refractivity contribution in [3.8, 4) is 23.1 Å². The Hall–Kier alpha value is -3.39. The topological polar surface area (TPSA) is 68.6 Å². The van der Waals surface area contributed by atoms with Crippen molar-refractivity contribution in [1.29, 1.82) is 0 Å². The van der Waals surface area contributed by atoms with E-state index in [2.05, 4.69) is 10.4 Å². The van der Waals surface area contributed by atoms with Crippen molar-refractivity contribution >= 4 is 5.91 Å². The number of rotatable bonds is 10. The van der Waals surface area contributed by atoms with Crippen LogP contribution < -0.4 is 14.8 Å². The van der Waals surface area contributed by atoms with Crippen molar-refractivity contribution < 1.29 is 18.7 Å². The molecule has 0 fully saturated rings. The summed E-state index contributed by atoms with van der Waals surface area (Å²) in [4.78, 5) is 14.3. The summed E-state index contributed by atoms with van der Waals surface area (Å²) in [6.07, 6.45) is 0.690. The summed E-state index contributed by atoms with van der Waals surface area (Å²) in [5.74, 6) is 0.668. The first-order valence-electron chi connectivity index (χ1n) is 10.5. The predicted octanol–water partition coefficient (Wildman–Crippen LogP) is 3.73. The number of benzene rings is 2. The average molecular weight is 441 g/mol. The lowest BCUT2D eigenvalue weighted by Gasteiger charge is -2.13. The Labute approximate surface area is 187 Å². The van der Waals surface area contributed by atoms with Gasteiger partial charge in [-0.25, -0.2) is 9.07 Å². The summed E-state index contributed by atoms with van der Waals surface area (Å²) in [7, 11) is 5.51. The Balaban J connectivity index is 1.88. The Morgan fingerprint density at radius 1 is 1.16 bits per heavy atom. The number of nitrogens with one attached hydrogen (secondary N) is 1. The van der Waals surface area contributed by atoms with Crippen molar-refractivity contribution in [3.63, 3.8) is 0 Å². The van der Waals surface area contributed by atoms with Crippen molar-refractivity contribution in [1.82, 2.24) is 20.0 Å². The van der Waals surface area contributed by atoms with Crippen molar-refractivity contribution in [3.05, 3.63) is 65.6 Å². The summed E-state index contributed by atoms with van der Waals surface area (Å²) in [6.45, 7) is 3.20. The number of nitrogens with zero attached hydrogens (tertiary/aromatic N) is 3. The minimum atomic E-state index is -0.472. The summed E-state index contributed by atoms with van der Waals surface area (Å²) in [6, 6.07) is 13.5. The monoisotopic (exact) mass is 440 g/mol. The third-order valence-electron chi connectivity index (χ3n) is 4.98. The maximum Gasteiger partial charge on any atom is 0.226 e. The second-order valence-corrected chi connectivity index (χ2v) is 7.66. The smallest absolute Gasteiger partial charge is 0.226 e. The summed E-state index contributed by atoms with van der Waals surface area (Å²) >= 11 is 0. The minimum absolute atomic E-state index is 0.0553. The van der Waals surface area contributed by atoms with E-state index >= 15 is 0 Å². The molecule has 0 aliphatic carbocycles. The molecular weight excluding hydrogens is 411 g/mol. The lowest BCUT2D eigenvalue weighted by Crippen LogP contribution is -2.31. The molecule has 0 radical (unpaired) electrons. The zero-order valence-electron chi connectivity index (χ0n) is 18.9. The molecule has 1 aromatic heterocycles. The molecular formula is C24H29FN4O3. The van der Waals surface area contributed by atoms with Crippen molar-refractivity contribution in [2.24, 2.45) is 0 Å². The van der Waals surface area contributed by atoms with Gasteiger partial charge in [-0.1, -0.05) is 12.1 Å². The Morgan fingerprint density at radius 2 is 1.88 bits per heavy atom. The van der Waals surface area contributed by atoms with E-state index in [1.165, 1.54) is 6.07 Å². The zero-order chi connectivity index (χ0) is 23.1. The third kappa shape index (κ3) is 5.85. The maximum absolute atomic E-state index is 14.3. The van der Waals surface area contributed by atoms with Crippen LogP contribution >= 0.6 is 0 Å². The molecule has 0 saturated carbocycles. The van der Waals surface area contributed by atoms with Gasteiger partial charge >= 0.3 is 0 Å². The molecule has 8 heteroatoms. The number of carbonyl (C=O) groups excluding carboxylic acids is 1. The van der Waals surface area contributed by atoms with Crippen LogP contribution in [0.25, 0.3) is 5.69 Å². The van der Waals surface area contributed by atoms with E-state index in [0.717, 1.165) is 17.8 Å². The highest BCUT2D eigenvalue weighted by Gasteiger charge is 2.21. The molecule has 0 aliphatic rings. The summed E-state index contributed by atoms with van der Waals surface area (Å²) in [5.41, 5.74) is 2.21. The number of hydrogen-bond acceptors (Lipinski definition) is 5. The molecule has 0 bridgehead atoms. The van der Waals surface area contributed by atoms with E-state index in [9.17, 15) is 9.18 Å². The normalized spacial score (nSPS) is 10.9. The molecule has 32 heavy (non-hydrogen) atoms. The van der Waals surface area contributed by atoms with Crippen LogP contribution in [0.2, 0.25) is 0 Å². The number of likely N-dealkylation sites (N-methyl/N-ethyl adjacent to an activating group) is 1. The van der Waals surface area contributed by atoms with Gasteiger partial charge in [-0.15, -0.1) is 0 Å². The number of methoxy groups -OCH3 is 1. The van der Waals surface area contributed by atoms with Gasteiger partial charge in [-0.05, 0) is 63.8 Å². The largest absolute Gasteiger partial charge is 0.497 e. The second kappa shape index (κ2) is 10.8. The Morgan fingerprint density at radius 3 is 2.53 bits per heavy atom. The van der Waals surface area contributed by atoms with Crippen molar-refractivity contribution in [2.75, 3.05) is 34.3 Å². The van der Waals surface area contributed by atoms with E-state index in [-0.39, 0.29) is 18.1 Å². The molecule has 0 spiro atoms. The van der Waals surface area contributed by atoms with Crippen LogP contribution in [0.5, 0.6) is 17.4 Å². The van der Waals surface area contributed by atoms with E-state index < -0.39 is 5.82 Å². The standard InChI is InChI=1S/C24H29FN4O3/c1-17-20(13-14-23(30)26-15-16-28(2)3)24(32-22-8-6-5-7-21(22)25)29(27-17)18-9-11-19(31-4)12-10-18/h5-12H,13-16H2,1-4H3,(H,26,30).